The largest absolute Gasteiger partial charge is 0.497 e. The fourth-order valence-electron chi connectivity index (χ4n) is 3.37. The van der Waals surface area contributed by atoms with Crippen LogP contribution in [0.2, 0.25) is 0 Å². The number of benzene rings is 1. The maximum Gasteiger partial charge on any atom is 0.329 e. The number of methoxy groups -OCH3 is 2. The van der Waals surface area contributed by atoms with Crippen molar-refractivity contribution in [2.24, 2.45) is 0 Å². The highest BCUT2D eigenvalue weighted by Crippen LogP contribution is 2.29. The molecule has 1 fully saturated rings. The molecule has 25 heavy (non-hydrogen) atoms. The van der Waals surface area contributed by atoms with Gasteiger partial charge in [-0.05, 0) is 37.3 Å². The van der Waals surface area contributed by atoms with Crippen molar-refractivity contribution in [3.63, 3.8) is 0 Å². The minimum absolute atomic E-state index is 0.197. The summed E-state index contributed by atoms with van der Waals surface area (Å²) < 4.78 is 10.5. The smallest absolute Gasteiger partial charge is 0.329 e. The third-order valence-electron chi connectivity index (χ3n) is 4.84. The van der Waals surface area contributed by atoms with Crippen LogP contribution in [0, 0.1) is 0 Å². The van der Waals surface area contributed by atoms with Gasteiger partial charge in [-0.3, -0.25) is 4.79 Å². The molecule has 6 heteroatoms. The minimum atomic E-state index is -1.08. The molecule has 0 radical (unpaired) electrons. The maximum atomic E-state index is 12.2. The Bertz CT molecular complexity index is 608. The van der Waals surface area contributed by atoms with Gasteiger partial charge in [0.25, 0.3) is 0 Å². The van der Waals surface area contributed by atoms with Crippen LogP contribution in [0.1, 0.15) is 50.5 Å². The van der Waals surface area contributed by atoms with Gasteiger partial charge in [0, 0.05) is 12.5 Å². The number of rotatable bonds is 8. The molecule has 0 unspecified atom stereocenters. The molecule has 6 nitrogen and oxygen atoms in total. The van der Waals surface area contributed by atoms with Crippen molar-refractivity contribution in [3.05, 3.63) is 23.8 Å². The number of carboxylic acids is 1. The third kappa shape index (κ3) is 4.87. The Morgan fingerprint density at radius 2 is 1.88 bits per heavy atom. The van der Waals surface area contributed by atoms with E-state index in [2.05, 4.69) is 5.32 Å². The normalized spacial score (nSPS) is 16.1. The number of hydrogen-bond donors (Lipinski definition) is 2. The molecule has 0 saturated heterocycles. The summed E-state index contributed by atoms with van der Waals surface area (Å²) in [5.74, 6) is 0.335. The van der Waals surface area contributed by atoms with Crippen LogP contribution >= 0.6 is 0 Å². The van der Waals surface area contributed by atoms with Crippen molar-refractivity contribution in [1.82, 2.24) is 5.32 Å². The number of nitrogens with one attached hydrogen (secondary N) is 1. The topological polar surface area (TPSA) is 84.9 Å². The predicted octanol–water partition coefficient (Wildman–Crippen LogP) is 2.93. The Hall–Kier alpha value is -2.24. The number of aryl methyl sites for hydroxylation is 1. The first-order valence-electron chi connectivity index (χ1n) is 8.76. The van der Waals surface area contributed by atoms with Gasteiger partial charge in [0.1, 0.15) is 17.0 Å². The summed E-state index contributed by atoms with van der Waals surface area (Å²) in [5.41, 5.74) is -0.0747. The average Bonchev–Trinajstić information content (AvgIpc) is 2.62. The second kappa shape index (κ2) is 8.74. The van der Waals surface area contributed by atoms with Crippen LogP contribution in [0.25, 0.3) is 0 Å². The second-order valence-electron chi connectivity index (χ2n) is 6.53. The zero-order valence-corrected chi connectivity index (χ0v) is 15.0. The number of amides is 1. The lowest BCUT2D eigenvalue weighted by Crippen LogP contribution is -2.55. The van der Waals surface area contributed by atoms with Gasteiger partial charge in [-0.25, -0.2) is 4.79 Å². The van der Waals surface area contributed by atoms with Gasteiger partial charge in [-0.2, -0.15) is 0 Å². The van der Waals surface area contributed by atoms with Gasteiger partial charge in [0.2, 0.25) is 5.91 Å². The summed E-state index contributed by atoms with van der Waals surface area (Å²) in [6.45, 7) is 0. The standard InChI is InChI=1S/C19H27NO5/c1-24-15-10-9-14(16(13-15)25-2)7-6-8-17(21)20-19(18(22)23)11-4-3-5-12-19/h9-10,13H,3-8,11-12H2,1-2H3,(H,20,21)(H,22,23). The zero-order valence-electron chi connectivity index (χ0n) is 15.0. The number of ether oxygens (including phenoxy) is 2. The van der Waals surface area contributed by atoms with Crippen molar-refractivity contribution in [2.75, 3.05) is 14.2 Å². The monoisotopic (exact) mass is 349 g/mol. The molecule has 1 aliphatic carbocycles. The van der Waals surface area contributed by atoms with Gasteiger partial charge < -0.3 is 19.9 Å². The summed E-state index contributed by atoms with van der Waals surface area (Å²) in [4.78, 5) is 23.8. The molecular weight excluding hydrogens is 322 g/mol. The van der Waals surface area contributed by atoms with Gasteiger partial charge in [-0.1, -0.05) is 25.3 Å². The molecule has 0 aromatic heterocycles. The van der Waals surface area contributed by atoms with E-state index >= 15 is 0 Å². The lowest BCUT2D eigenvalue weighted by molar-refractivity contribution is -0.149. The van der Waals surface area contributed by atoms with Crippen LogP contribution in [-0.2, 0) is 16.0 Å². The van der Waals surface area contributed by atoms with Crippen LogP contribution in [0.15, 0.2) is 18.2 Å². The summed E-state index contributed by atoms with van der Waals surface area (Å²) in [6.07, 6.45) is 5.35. The van der Waals surface area contributed by atoms with Crippen molar-refractivity contribution in [2.45, 2.75) is 56.9 Å². The Balaban J connectivity index is 1.89. The number of carbonyl (C=O) groups excluding carboxylic acids is 1. The van der Waals surface area contributed by atoms with Crippen molar-refractivity contribution < 1.29 is 24.2 Å². The van der Waals surface area contributed by atoms with E-state index in [4.69, 9.17) is 9.47 Å². The predicted molar refractivity (Wildman–Crippen MR) is 94.1 cm³/mol. The SMILES string of the molecule is COc1ccc(CCCC(=O)NC2(C(=O)O)CCCCC2)c(OC)c1. The molecule has 2 rings (SSSR count). The fraction of sp³-hybridized carbons (Fsp3) is 0.579. The fourth-order valence-corrected chi connectivity index (χ4v) is 3.37. The molecule has 0 spiro atoms. The molecule has 0 aliphatic heterocycles. The number of carbonyl (C=O) groups is 2. The molecular formula is C19H27NO5. The second-order valence-corrected chi connectivity index (χ2v) is 6.53. The molecule has 1 aromatic rings. The molecule has 138 valence electrons. The highest BCUT2D eigenvalue weighted by Gasteiger charge is 2.40. The molecule has 2 N–H and O–H groups in total. The Morgan fingerprint density at radius 1 is 1.16 bits per heavy atom. The van der Waals surface area contributed by atoms with Crippen molar-refractivity contribution in [3.8, 4) is 11.5 Å². The quantitative estimate of drug-likeness (QED) is 0.754. The highest BCUT2D eigenvalue weighted by molar-refractivity contribution is 5.87. The van der Waals surface area contributed by atoms with E-state index in [0.29, 0.717) is 32.1 Å². The zero-order chi connectivity index (χ0) is 18.3. The molecule has 0 bridgehead atoms. The van der Waals surface area contributed by atoms with Gasteiger partial charge in [0.05, 0.1) is 14.2 Å². The Kier molecular flexibility index (Phi) is 6.67. The van der Waals surface area contributed by atoms with Gasteiger partial charge in [-0.15, -0.1) is 0 Å². The lowest BCUT2D eigenvalue weighted by Gasteiger charge is -2.34. The number of carboxylic acid groups (broad SMARTS) is 1. The van der Waals surface area contributed by atoms with E-state index in [9.17, 15) is 14.7 Å². The van der Waals surface area contributed by atoms with E-state index in [1.807, 2.05) is 18.2 Å². The van der Waals surface area contributed by atoms with Crippen LogP contribution < -0.4 is 14.8 Å². The van der Waals surface area contributed by atoms with Crippen LogP contribution in [-0.4, -0.2) is 36.7 Å². The van der Waals surface area contributed by atoms with E-state index in [1.165, 1.54) is 0 Å². The first kappa shape index (κ1) is 19.1. The number of hydrogen-bond acceptors (Lipinski definition) is 4. The highest BCUT2D eigenvalue weighted by atomic mass is 16.5. The number of aliphatic carboxylic acids is 1. The van der Waals surface area contributed by atoms with Crippen molar-refractivity contribution in [1.29, 1.82) is 0 Å². The Labute approximate surface area is 148 Å². The average molecular weight is 349 g/mol. The molecule has 1 aromatic carbocycles. The molecule has 1 aliphatic rings. The van der Waals surface area contributed by atoms with Gasteiger partial charge >= 0.3 is 5.97 Å². The first-order valence-corrected chi connectivity index (χ1v) is 8.76. The molecule has 0 atom stereocenters. The van der Waals surface area contributed by atoms with Crippen LogP contribution in [0.5, 0.6) is 11.5 Å². The molecule has 1 saturated carbocycles. The summed E-state index contributed by atoms with van der Waals surface area (Å²) in [5, 5.41) is 12.3. The Morgan fingerprint density at radius 3 is 2.48 bits per heavy atom. The third-order valence-corrected chi connectivity index (χ3v) is 4.84. The maximum absolute atomic E-state index is 12.2. The van der Waals surface area contributed by atoms with Crippen LogP contribution in [0.4, 0.5) is 0 Å². The minimum Gasteiger partial charge on any atom is -0.497 e. The van der Waals surface area contributed by atoms with Gasteiger partial charge in [0.15, 0.2) is 0 Å². The summed E-state index contributed by atoms with van der Waals surface area (Å²) in [7, 11) is 3.20. The van der Waals surface area contributed by atoms with E-state index < -0.39 is 11.5 Å². The lowest BCUT2D eigenvalue weighted by atomic mass is 9.81. The molecule has 1 amide bonds. The first-order chi connectivity index (χ1) is 12.0. The summed E-state index contributed by atoms with van der Waals surface area (Å²) >= 11 is 0. The molecule has 0 heterocycles. The van der Waals surface area contributed by atoms with Crippen molar-refractivity contribution >= 4 is 11.9 Å². The van der Waals surface area contributed by atoms with Crippen LogP contribution in [0.3, 0.4) is 0 Å². The van der Waals surface area contributed by atoms with E-state index in [-0.39, 0.29) is 5.91 Å². The summed E-state index contributed by atoms with van der Waals surface area (Å²) in [6, 6.07) is 5.60. The van der Waals surface area contributed by atoms with E-state index in [0.717, 1.165) is 36.3 Å². The van der Waals surface area contributed by atoms with E-state index in [1.54, 1.807) is 14.2 Å².